The summed E-state index contributed by atoms with van der Waals surface area (Å²) in [4.78, 5) is 10.2. The van der Waals surface area contributed by atoms with Gasteiger partial charge in [-0.15, -0.1) is 13.2 Å². The Hall–Kier alpha value is -1.56. The number of benzene rings is 1. The van der Waals surface area contributed by atoms with Crippen molar-refractivity contribution in [3.63, 3.8) is 0 Å². The summed E-state index contributed by atoms with van der Waals surface area (Å²) in [7, 11) is 0. The van der Waals surface area contributed by atoms with Gasteiger partial charge in [-0.1, -0.05) is 18.2 Å². The number of carbonyl (C=O) groups excluding carboxylic acids is 1. The first-order valence-corrected chi connectivity index (χ1v) is 4.40. The molecule has 88 valence electrons. The van der Waals surface area contributed by atoms with Crippen LogP contribution in [0.1, 0.15) is 18.1 Å². The summed E-state index contributed by atoms with van der Waals surface area (Å²) < 4.78 is 39.7. The lowest BCUT2D eigenvalue weighted by Gasteiger charge is -2.15. The summed E-state index contributed by atoms with van der Waals surface area (Å²) in [6, 6.07) is 5.15. The standard InChI is InChI=1S/C10H9F3O3/c11-10(12,13)16-9-4-2-1-3-7(9)8(15)5-6-14/h1-4,6,8,15H,5H2. The topological polar surface area (TPSA) is 46.5 Å². The van der Waals surface area contributed by atoms with Crippen molar-refractivity contribution >= 4 is 6.29 Å². The van der Waals surface area contributed by atoms with Gasteiger partial charge in [0.15, 0.2) is 0 Å². The van der Waals surface area contributed by atoms with Gasteiger partial charge in [0.1, 0.15) is 12.0 Å². The molecule has 16 heavy (non-hydrogen) atoms. The predicted octanol–water partition coefficient (Wildman–Crippen LogP) is 2.21. The van der Waals surface area contributed by atoms with E-state index in [2.05, 4.69) is 4.74 Å². The Morgan fingerprint density at radius 3 is 2.56 bits per heavy atom. The van der Waals surface area contributed by atoms with Crippen molar-refractivity contribution in [2.75, 3.05) is 0 Å². The number of ether oxygens (including phenoxy) is 1. The number of rotatable bonds is 4. The van der Waals surface area contributed by atoms with Crippen molar-refractivity contribution in [1.82, 2.24) is 0 Å². The molecule has 0 saturated heterocycles. The maximum absolute atomic E-state index is 12.0. The lowest BCUT2D eigenvalue weighted by Crippen LogP contribution is -2.18. The minimum atomic E-state index is -4.82. The first-order valence-electron chi connectivity index (χ1n) is 4.40. The van der Waals surface area contributed by atoms with E-state index in [1.165, 1.54) is 18.2 Å². The number of carbonyl (C=O) groups is 1. The van der Waals surface area contributed by atoms with Crippen LogP contribution in [0.5, 0.6) is 5.75 Å². The monoisotopic (exact) mass is 234 g/mol. The zero-order valence-electron chi connectivity index (χ0n) is 8.07. The molecular formula is C10H9F3O3. The number of halogens is 3. The summed E-state index contributed by atoms with van der Waals surface area (Å²) in [5, 5.41) is 9.42. The van der Waals surface area contributed by atoms with Crippen molar-refractivity contribution in [3.05, 3.63) is 29.8 Å². The molecule has 0 heterocycles. The molecule has 1 unspecified atom stereocenters. The van der Waals surface area contributed by atoms with E-state index in [0.29, 0.717) is 6.29 Å². The Balaban J connectivity index is 2.95. The van der Waals surface area contributed by atoms with Crippen molar-refractivity contribution in [2.45, 2.75) is 18.9 Å². The third-order valence-electron chi connectivity index (χ3n) is 1.82. The van der Waals surface area contributed by atoms with E-state index >= 15 is 0 Å². The van der Waals surface area contributed by atoms with E-state index in [9.17, 15) is 23.1 Å². The Labute approximate surface area is 89.5 Å². The van der Waals surface area contributed by atoms with Crippen LogP contribution in [0.3, 0.4) is 0 Å². The Morgan fingerprint density at radius 2 is 2.00 bits per heavy atom. The molecule has 0 radical (unpaired) electrons. The molecule has 1 atom stereocenters. The quantitative estimate of drug-likeness (QED) is 0.812. The molecule has 6 heteroatoms. The molecule has 1 aromatic rings. The fourth-order valence-electron chi connectivity index (χ4n) is 1.19. The van der Waals surface area contributed by atoms with Gasteiger partial charge in [-0.2, -0.15) is 0 Å². The normalized spacial score (nSPS) is 13.2. The highest BCUT2D eigenvalue weighted by Crippen LogP contribution is 2.30. The minimum Gasteiger partial charge on any atom is -0.405 e. The van der Waals surface area contributed by atoms with Crippen molar-refractivity contribution in [1.29, 1.82) is 0 Å². The van der Waals surface area contributed by atoms with Gasteiger partial charge in [0.05, 0.1) is 6.10 Å². The smallest absolute Gasteiger partial charge is 0.405 e. The van der Waals surface area contributed by atoms with E-state index in [4.69, 9.17) is 0 Å². The van der Waals surface area contributed by atoms with Gasteiger partial charge >= 0.3 is 6.36 Å². The number of para-hydroxylation sites is 1. The first-order chi connectivity index (χ1) is 7.44. The molecule has 0 fully saturated rings. The molecule has 0 amide bonds. The second kappa shape index (κ2) is 4.98. The summed E-state index contributed by atoms with van der Waals surface area (Å²) in [6.07, 6.45) is -5.97. The molecule has 0 bridgehead atoms. The zero-order valence-corrected chi connectivity index (χ0v) is 8.07. The third kappa shape index (κ3) is 3.54. The number of aliphatic hydroxyl groups excluding tert-OH is 1. The van der Waals surface area contributed by atoms with Crippen LogP contribution in [-0.2, 0) is 4.79 Å². The van der Waals surface area contributed by atoms with Gasteiger partial charge in [-0.25, -0.2) is 0 Å². The van der Waals surface area contributed by atoms with E-state index in [1.807, 2.05) is 0 Å². The highest BCUT2D eigenvalue weighted by Gasteiger charge is 2.32. The Kier molecular flexibility index (Phi) is 3.89. The SMILES string of the molecule is O=CCC(O)c1ccccc1OC(F)(F)F. The zero-order chi connectivity index (χ0) is 12.2. The van der Waals surface area contributed by atoms with Crippen LogP contribution >= 0.6 is 0 Å². The van der Waals surface area contributed by atoms with Crippen LogP contribution in [-0.4, -0.2) is 17.8 Å². The summed E-state index contributed by atoms with van der Waals surface area (Å²) in [5.74, 6) is -0.496. The van der Waals surface area contributed by atoms with Crippen LogP contribution < -0.4 is 4.74 Å². The molecule has 1 rings (SSSR count). The molecule has 0 aromatic heterocycles. The lowest BCUT2D eigenvalue weighted by molar-refractivity contribution is -0.275. The molecule has 0 aliphatic heterocycles. The molecule has 3 nitrogen and oxygen atoms in total. The molecular weight excluding hydrogens is 225 g/mol. The van der Waals surface area contributed by atoms with Gasteiger partial charge in [-0.3, -0.25) is 0 Å². The number of aldehydes is 1. The van der Waals surface area contributed by atoms with Gasteiger partial charge in [-0.05, 0) is 6.07 Å². The maximum Gasteiger partial charge on any atom is 0.573 e. The average Bonchev–Trinajstić information content (AvgIpc) is 2.16. The second-order valence-corrected chi connectivity index (χ2v) is 3.00. The summed E-state index contributed by atoms with van der Waals surface area (Å²) >= 11 is 0. The van der Waals surface area contributed by atoms with Gasteiger partial charge < -0.3 is 14.6 Å². The van der Waals surface area contributed by atoms with Crippen molar-refractivity contribution in [3.8, 4) is 5.75 Å². The Morgan fingerprint density at radius 1 is 1.38 bits per heavy atom. The fraction of sp³-hybridized carbons (Fsp3) is 0.300. The fourth-order valence-corrected chi connectivity index (χ4v) is 1.19. The molecule has 0 saturated carbocycles. The Bertz CT molecular complexity index is 363. The number of hydrogen-bond acceptors (Lipinski definition) is 3. The van der Waals surface area contributed by atoms with Gasteiger partial charge in [0.2, 0.25) is 0 Å². The first kappa shape index (κ1) is 12.5. The van der Waals surface area contributed by atoms with E-state index in [1.54, 1.807) is 0 Å². The number of hydrogen-bond donors (Lipinski definition) is 1. The van der Waals surface area contributed by atoms with Crippen molar-refractivity contribution in [2.24, 2.45) is 0 Å². The van der Waals surface area contributed by atoms with Crippen LogP contribution in [0.15, 0.2) is 24.3 Å². The highest BCUT2D eigenvalue weighted by atomic mass is 19.4. The number of alkyl halides is 3. The van der Waals surface area contributed by atoms with E-state index < -0.39 is 18.2 Å². The predicted molar refractivity (Wildman–Crippen MR) is 48.8 cm³/mol. The second-order valence-electron chi connectivity index (χ2n) is 3.00. The molecule has 1 aromatic carbocycles. The van der Waals surface area contributed by atoms with Gasteiger partial charge in [0, 0.05) is 12.0 Å². The average molecular weight is 234 g/mol. The summed E-state index contributed by atoms with van der Waals surface area (Å²) in [6.45, 7) is 0. The van der Waals surface area contributed by atoms with E-state index in [0.717, 1.165) is 6.07 Å². The molecule has 0 aliphatic rings. The molecule has 0 aliphatic carbocycles. The number of aliphatic hydroxyl groups is 1. The minimum absolute atomic E-state index is 0.0630. The maximum atomic E-state index is 12.0. The lowest BCUT2D eigenvalue weighted by atomic mass is 10.1. The third-order valence-corrected chi connectivity index (χ3v) is 1.82. The highest BCUT2D eigenvalue weighted by molar-refractivity contribution is 5.52. The van der Waals surface area contributed by atoms with Crippen molar-refractivity contribution < 1.29 is 27.8 Å². The summed E-state index contributed by atoms with van der Waals surface area (Å²) in [5.41, 5.74) is -0.0630. The van der Waals surface area contributed by atoms with Crippen LogP contribution in [0.2, 0.25) is 0 Å². The molecule has 1 N–H and O–H groups in total. The van der Waals surface area contributed by atoms with Crippen LogP contribution in [0.4, 0.5) is 13.2 Å². The van der Waals surface area contributed by atoms with Crippen LogP contribution in [0.25, 0.3) is 0 Å². The largest absolute Gasteiger partial charge is 0.573 e. The van der Waals surface area contributed by atoms with E-state index in [-0.39, 0.29) is 12.0 Å². The van der Waals surface area contributed by atoms with Crippen LogP contribution in [0, 0.1) is 0 Å². The van der Waals surface area contributed by atoms with Gasteiger partial charge in [0.25, 0.3) is 0 Å². The molecule has 0 spiro atoms.